The minimum atomic E-state index is -0.510. The van der Waals surface area contributed by atoms with Gasteiger partial charge in [-0.1, -0.05) is 47.1 Å². The Morgan fingerprint density at radius 3 is 2.61 bits per heavy atom. The van der Waals surface area contributed by atoms with E-state index in [1.54, 1.807) is 6.07 Å². The highest BCUT2D eigenvalue weighted by Gasteiger charge is 2.16. The lowest BCUT2D eigenvalue weighted by Crippen LogP contribution is -2.16. The fourth-order valence-electron chi connectivity index (χ4n) is 2.06. The molecule has 1 amide bonds. The van der Waals surface area contributed by atoms with Crippen molar-refractivity contribution in [2.75, 3.05) is 11.9 Å². The number of nitrogens with one attached hydrogen (secondary N) is 1. The minimum absolute atomic E-state index is 0.317. The summed E-state index contributed by atoms with van der Waals surface area (Å²) < 4.78 is 5.81. The largest absolute Gasteiger partial charge is 0.485 e. The summed E-state index contributed by atoms with van der Waals surface area (Å²) in [7, 11) is 0. The standard InChI is InChI=1S/C17H17ClN2O3/c1-11-8-14(20-15(21)9-19-22)17(16(18)12(11)2)23-10-13-6-4-3-5-7-13/h3-8H,9-10H2,1-2H3,(H,20,21). The Labute approximate surface area is 139 Å². The first kappa shape index (κ1) is 17.0. The molecule has 0 saturated heterocycles. The van der Waals surface area contributed by atoms with Crippen molar-refractivity contribution >= 4 is 23.2 Å². The van der Waals surface area contributed by atoms with Gasteiger partial charge in [0.25, 0.3) is 0 Å². The van der Waals surface area contributed by atoms with Gasteiger partial charge in [0.1, 0.15) is 6.61 Å². The monoisotopic (exact) mass is 332 g/mol. The molecule has 0 heterocycles. The number of carbonyl (C=O) groups excluding carboxylic acids is 1. The summed E-state index contributed by atoms with van der Waals surface area (Å²) in [5, 5.41) is 5.64. The fourth-order valence-corrected chi connectivity index (χ4v) is 2.37. The Bertz CT molecular complexity index is 718. The average molecular weight is 333 g/mol. The van der Waals surface area contributed by atoms with Crippen LogP contribution in [0.5, 0.6) is 5.75 Å². The predicted octanol–water partition coefficient (Wildman–Crippen LogP) is 4.24. The second-order valence-corrected chi connectivity index (χ2v) is 5.50. The molecule has 0 atom stereocenters. The third-order valence-corrected chi connectivity index (χ3v) is 3.89. The van der Waals surface area contributed by atoms with Gasteiger partial charge in [0.05, 0.1) is 10.7 Å². The maximum Gasteiger partial charge on any atom is 0.249 e. The number of benzene rings is 2. The van der Waals surface area contributed by atoms with Crippen molar-refractivity contribution in [2.24, 2.45) is 5.18 Å². The van der Waals surface area contributed by atoms with E-state index in [0.29, 0.717) is 23.1 Å². The molecule has 2 aromatic rings. The molecule has 0 aromatic heterocycles. The topological polar surface area (TPSA) is 67.8 Å². The van der Waals surface area contributed by atoms with Gasteiger partial charge < -0.3 is 10.1 Å². The van der Waals surface area contributed by atoms with Gasteiger partial charge in [-0.3, -0.25) is 4.79 Å². The number of anilines is 1. The maximum absolute atomic E-state index is 11.6. The Hall–Kier alpha value is -2.40. The van der Waals surface area contributed by atoms with Gasteiger partial charge in [-0.15, -0.1) is 0 Å². The van der Waals surface area contributed by atoms with Crippen LogP contribution in [0.4, 0.5) is 5.69 Å². The number of ether oxygens (including phenoxy) is 1. The Balaban J connectivity index is 2.29. The summed E-state index contributed by atoms with van der Waals surface area (Å²) in [6, 6.07) is 11.4. The molecule has 0 saturated carbocycles. The van der Waals surface area contributed by atoms with Crippen molar-refractivity contribution in [1.82, 2.24) is 0 Å². The molecule has 0 radical (unpaired) electrons. The van der Waals surface area contributed by atoms with E-state index in [4.69, 9.17) is 16.3 Å². The molecule has 23 heavy (non-hydrogen) atoms. The van der Waals surface area contributed by atoms with Crippen molar-refractivity contribution in [1.29, 1.82) is 0 Å². The van der Waals surface area contributed by atoms with E-state index in [1.807, 2.05) is 44.2 Å². The van der Waals surface area contributed by atoms with Crippen molar-refractivity contribution in [2.45, 2.75) is 20.5 Å². The zero-order valence-corrected chi connectivity index (χ0v) is 13.7. The van der Waals surface area contributed by atoms with Crippen molar-refractivity contribution in [3.8, 4) is 5.75 Å². The molecule has 2 aromatic carbocycles. The van der Waals surface area contributed by atoms with Crippen molar-refractivity contribution in [3.63, 3.8) is 0 Å². The second kappa shape index (κ2) is 7.74. The van der Waals surface area contributed by atoms with Gasteiger partial charge in [0.2, 0.25) is 5.91 Å². The zero-order chi connectivity index (χ0) is 16.8. The van der Waals surface area contributed by atoms with Crippen LogP contribution in [0.15, 0.2) is 41.6 Å². The summed E-state index contributed by atoms with van der Waals surface area (Å²) >= 11 is 6.37. The third kappa shape index (κ3) is 4.29. The summed E-state index contributed by atoms with van der Waals surface area (Å²) in [6.07, 6.45) is 0. The van der Waals surface area contributed by atoms with Gasteiger partial charge in [-0.2, -0.15) is 4.91 Å². The van der Waals surface area contributed by atoms with Crippen molar-refractivity contribution in [3.05, 3.63) is 63.0 Å². The molecule has 0 bridgehead atoms. The van der Waals surface area contributed by atoms with Crippen LogP contribution in [0.3, 0.4) is 0 Å². The van der Waals surface area contributed by atoms with Crippen LogP contribution >= 0.6 is 11.6 Å². The molecule has 1 N–H and O–H groups in total. The first-order valence-electron chi connectivity index (χ1n) is 7.08. The minimum Gasteiger partial charge on any atom is -0.485 e. The quantitative estimate of drug-likeness (QED) is 0.804. The molecular formula is C17H17ClN2O3. The lowest BCUT2D eigenvalue weighted by molar-refractivity contribution is -0.114. The molecule has 5 nitrogen and oxygen atoms in total. The first-order chi connectivity index (χ1) is 11.0. The van der Waals surface area contributed by atoms with E-state index in [2.05, 4.69) is 10.5 Å². The SMILES string of the molecule is Cc1cc(NC(=O)CN=O)c(OCc2ccccc2)c(Cl)c1C. The van der Waals surface area contributed by atoms with E-state index in [1.165, 1.54) is 0 Å². The van der Waals surface area contributed by atoms with E-state index in [-0.39, 0.29) is 0 Å². The van der Waals surface area contributed by atoms with E-state index < -0.39 is 12.5 Å². The summed E-state index contributed by atoms with van der Waals surface area (Å²) in [5.74, 6) is -0.123. The lowest BCUT2D eigenvalue weighted by Gasteiger charge is -2.17. The number of amides is 1. The number of aryl methyl sites for hydroxylation is 1. The molecular weight excluding hydrogens is 316 g/mol. The number of carbonyl (C=O) groups is 1. The lowest BCUT2D eigenvalue weighted by atomic mass is 10.1. The number of halogens is 1. The third-order valence-electron chi connectivity index (χ3n) is 3.43. The van der Waals surface area contributed by atoms with E-state index in [0.717, 1.165) is 16.7 Å². The molecule has 0 aliphatic carbocycles. The fraction of sp³-hybridized carbons (Fsp3) is 0.235. The molecule has 2 rings (SSSR count). The first-order valence-corrected chi connectivity index (χ1v) is 7.46. The number of rotatable bonds is 6. The van der Waals surface area contributed by atoms with Gasteiger partial charge in [0.15, 0.2) is 12.3 Å². The van der Waals surface area contributed by atoms with Gasteiger partial charge in [-0.25, -0.2) is 0 Å². The average Bonchev–Trinajstić information content (AvgIpc) is 2.53. The van der Waals surface area contributed by atoms with Crippen LogP contribution in [0.2, 0.25) is 5.02 Å². The Kier molecular flexibility index (Phi) is 5.71. The summed E-state index contributed by atoms with van der Waals surface area (Å²) in [4.78, 5) is 21.9. The maximum atomic E-state index is 11.6. The zero-order valence-electron chi connectivity index (χ0n) is 12.9. The second-order valence-electron chi connectivity index (χ2n) is 5.12. The number of nitrogens with zero attached hydrogens (tertiary/aromatic N) is 1. The smallest absolute Gasteiger partial charge is 0.249 e. The van der Waals surface area contributed by atoms with Gasteiger partial charge in [0, 0.05) is 0 Å². The van der Waals surface area contributed by atoms with Crippen LogP contribution in [0, 0.1) is 18.8 Å². The molecule has 120 valence electrons. The molecule has 0 spiro atoms. The molecule has 6 heteroatoms. The van der Waals surface area contributed by atoms with Crippen LogP contribution in [-0.2, 0) is 11.4 Å². The number of hydrogen-bond donors (Lipinski definition) is 1. The van der Waals surface area contributed by atoms with E-state index >= 15 is 0 Å². The highest BCUT2D eigenvalue weighted by atomic mass is 35.5. The van der Waals surface area contributed by atoms with Gasteiger partial charge >= 0.3 is 0 Å². The van der Waals surface area contributed by atoms with Crippen molar-refractivity contribution < 1.29 is 9.53 Å². The normalized spacial score (nSPS) is 10.2. The summed E-state index contributed by atoms with van der Waals surface area (Å²) in [6.45, 7) is 3.63. The van der Waals surface area contributed by atoms with Crippen LogP contribution in [0.1, 0.15) is 16.7 Å². The Morgan fingerprint density at radius 2 is 1.96 bits per heavy atom. The molecule has 0 fully saturated rings. The molecule has 0 aliphatic heterocycles. The van der Waals surface area contributed by atoms with Crippen LogP contribution in [-0.4, -0.2) is 12.5 Å². The van der Waals surface area contributed by atoms with Crippen LogP contribution < -0.4 is 10.1 Å². The highest BCUT2D eigenvalue weighted by molar-refractivity contribution is 6.33. The molecule has 0 unspecified atom stereocenters. The Morgan fingerprint density at radius 1 is 1.26 bits per heavy atom. The number of nitroso groups, excluding NO2 is 1. The van der Waals surface area contributed by atoms with Gasteiger partial charge in [-0.05, 0) is 36.6 Å². The number of hydrogen-bond acceptors (Lipinski definition) is 4. The van der Waals surface area contributed by atoms with E-state index in [9.17, 15) is 9.70 Å². The summed E-state index contributed by atoms with van der Waals surface area (Å²) in [5.41, 5.74) is 3.20. The van der Waals surface area contributed by atoms with Crippen LogP contribution in [0.25, 0.3) is 0 Å². The molecule has 0 aliphatic rings. The predicted molar refractivity (Wildman–Crippen MR) is 91.0 cm³/mol. The highest BCUT2D eigenvalue weighted by Crippen LogP contribution is 2.38.